The summed E-state index contributed by atoms with van der Waals surface area (Å²) in [5.41, 5.74) is 0. The molecule has 0 N–H and O–H groups in total. The molecule has 1 saturated heterocycles. The van der Waals surface area contributed by atoms with Crippen LogP contribution in [0.15, 0.2) is 22.2 Å². The lowest BCUT2D eigenvalue weighted by Gasteiger charge is -2.31. The normalized spacial score (nSPS) is 38.4. The van der Waals surface area contributed by atoms with Crippen molar-refractivity contribution in [3.8, 4) is 0 Å². The minimum atomic E-state index is -1.89. The molecular formula is C8H2BrCl4NO2. The minimum Gasteiger partial charge on any atom is -0.271 e. The Balaban J connectivity index is 2.74. The Morgan fingerprint density at radius 1 is 1.19 bits per heavy atom. The van der Waals surface area contributed by atoms with Crippen molar-refractivity contribution in [2.45, 2.75) is 9.75 Å². The van der Waals surface area contributed by atoms with E-state index in [4.69, 9.17) is 46.4 Å². The zero-order valence-corrected chi connectivity index (χ0v) is 11.9. The summed E-state index contributed by atoms with van der Waals surface area (Å²) in [6.07, 6.45) is 2.60. The Morgan fingerprint density at radius 2 is 1.75 bits per heavy atom. The average Bonchev–Trinajstić information content (AvgIpc) is 2.39. The number of carbonyl (C=O) groups excluding carboxylic acids is 2. The van der Waals surface area contributed by atoms with Gasteiger partial charge in [-0.15, -0.1) is 11.6 Å². The van der Waals surface area contributed by atoms with Crippen LogP contribution in [0.2, 0.25) is 0 Å². The Kier molecular flexibility index (Phi) is 2.88. The summed E-state index contributed by atoms with van der Waals surface area (Å²) in [5, 5.41) is -0.0782. The maximum Gasteiger partial charge on any atom is 0.268 e. The van der Waals surface area contributed by atoms with Gasteiger partial charge >= 0.3 is 0 Å². The van der Waals surface area contributed by atoms with Crippen LogP contribution in [0.1, 0.15) is 0 Å². The number of carbonyl (C=O) groups is 2. The van der Waals surface area contributed by atoms with Gasteiger partial charge in [0.15, 0.2) is 9.75 Å². The number of allylic oxidation sites excluding steroid dienone is 2. The van der Waals surface area contributed by atoms with Crippen molar-refractivity contribution < 1.29 is 9.59 Å². The van der Waals surface area contributed by atoms with Crippen molar-refractivity contribution >= 4 is 74.4 Å². The second kappa shape index (κ2) is 3.62. The average molecular weight is 366 g/mol. The third-order valence-electron chi connectivity index (χ3n) is 2.44. The quantitative estimate of drug-likeness (QED) is 0.376. The number of halogens is 5. The van der Waals surface area contributed by atoms with Gasteiger partial charge in [0.25, 0.3) is 11.8 Å². The number of amides is 2. The molecule has 86 valence electrons. The lowest BCUT2D eigenvalue weighted by atomic mass is 9.88. The number of alkyl halides is 2. The topological polar surface area (TPSA) is 37.4 Å². The van der Waals surface area contributed by atoms with Gasteiger partial charge in [0.1, 0.15) is 0 Å². The van der Waals surface area contributed by atoms with E-state index in [9.17, 15) is 9.59 Å². The molecule has 0 saturated carbocycles. The Morgan fingerprint density at radius 3 is 2.31 bits per heavy atom. The molecule has 0 aromatic heterocycles. The molecule has 3 nitrogen and oxygen atoms in total. The van der Waals surface area contributed by atoms with E-state index in [0.29, 0.717) is 3.93 Å². The molecular weight excluding hydrogens is 364 g/mol. The molecule has 1 aliphatic heterocycles. The first-order chi connectivity index (χ1) is 7.26. The lowest BCUT2D eigenvalue weighted by molar-refractivity contribution is -0.131. The molecule has 2 atom stereocenters. The molecule has 16 heavy (non-hydrogen) atoms. The molecule has 0 spiro atoms. The first kappa shape index (κ1) is 12.7. The van der Waals surface area contributed by atoms with Gasteiger partial charge in [-0.25, -0.2) is 3.93 Å². The fourth-order valence-corrected chi connectivity index (χ4v) is 3.54. The van der Waals surface area contributed by atoms with Gasteiger partial charge in [-0.1, -0.05) is 40.9 Å². The van der Waals surface area contributed by atoms with Crippen LogP contribution in [0.4, 0.5) is 0 Å². The molecule has 2 unspecified atom stereocenters. The van der Waals surface area contributed by atoms with Crippen LogP contribution in [0.25, 0.3) is 0 Å². The van der Waals surface area contributed by atoms with E-state index in [1.165, 1.54) is 12.2 Å². The summed E-state index contributed by atoms with van der Waals surface area (Å²) in [6, 6.07) is 0. The maximum absolute atomic E-state index is 11.9. The maximum atomic E-state index is 11.9. The van der Waals surface area contributed by atoms with Crippen molar-refractivity contribution in [1.29, 1.82) is 0 Å². The summed E-state index contributed by atoms with van der Waals surface area (Å²) in [4.78, 5) is 20.0. The molecule has 0 aromatic rings. The first-order valence-electron chi connectivity index (χ1n) is 3.94. The van der Waals surface area contributed by atoms with E-state index in [1.807, 2.05) is 0 Å². The van der Waals surface area contributed by atoms with Crippen molar-refractivity contribution in [3.63, 3.8) is 0 Å². The number of nitrogens with zero attached hydrogens (tertiary/aromatic N) is 1. The predicted octanol–water partition coefficient (Wildman–Crippen LogP) is 2.88. The van der Waals surface area contributed by atoms with Crippen LogP contribution in [0.3, 0.4) is 0 Å². The first-order valence-corrected chi connectivity index (χ1v) is 6.16. The van der Waals surface area contributed by atoms with E-state index in [0.717, 1.165) is 0 Å². The van der Waals surface area contributed by atoms with Crippen LogP contribution in [0, 0.1) is 0 Å². The highest BCUT2D eigenvalue weighted by molar-refractivity contribution is 9.08. The number of fused-ring (bicyclic) bond motifs is 1. The van der Waals surface area contributed by atoms with Gasteiger partial charge in [-0.2, -0.15) is 0 Å². The predicted molar refractivity (Wildman–Crippen MR) is 65.8 cm³/mol. The lowest BCUT2D eigenvalue weighted by Crippen LogP contribution is -2.49. The molecule has 1 aliphatic carbocycles. The van der Waals surface area contributed by atoms with Crippen LogP contribution >= 0.6 is 62.6 Å². The SMILES string of the molecule is O=C1N(Br)C(=O)C2(Cl)C(Cl)=C(Cl)C=CC12Cl. The molecule has 0 aromatic carbocycles. The fourth-order valence-electron chi connectivity index (χ4n) is 1.54. The van der Waals surface area contributed by atoms with Crippen molar-refractivity contribution in [1.82, 2.24) is 3.93 Å². The standard InChI is InChI=1S/C8H2BrCl4NO2/c9-14-5(15)7(12)2-1-3(10)4(11)8(7,13)6(14)16/h1-2H. The molecule has 2 aliphatic rings. The smallest absolute Gasteiger partial charge is 0.268 e. The van der Waals surface area contributed by atoms with Gasteiger partial charge in [0, 0.05) is 0 Å². The zero-order chi connectivity index (χ0) is 12.3. The van der Waals surface area contributed by atoms with Gasteiger partial charge in [-0.3, -0.25) is 9.59 Å². The van der Waals surface area contributed by atoms with E-state index in [-0.39, 0.29) is 10.1 Å². The molecule has 8 heteroatoms. The van der Waals surface area contributed by atoms with Gasteiger partial charge in [0.2, 0.25) is 0 Å². The molecule has 1 fully saturated rings. The van der Waals surface area contributed by atoms with E-state index in [1.54, 1.807) is 0 Å². The van der Waals surface area contributed by atoms with E-state index >= 15 is 0 Å². The van der Waals surface area contributed by atoms with Crippen LogP contribution in [-0.4, -0.2) is 25.5 Å². The van der Waals surface area contributed by atoms with Crippen LogP contribution in [0.5, 0.6) is 0 Å². The second-order valence-corrected chi connectivity index (χ2v) is 5.91. The van der Waals surface area contributed by atoms with Gasteiger partial charge in [-0.05, 0) is 6.08 Å². The highest BCUT2D eigenvalue weighted by Crippen LogP contribution is 2.55. The largest absolute Gasteiger partial charge is 0.271 e. The van der Waals surface area contributed by atoms with Crippen molar-refractivity contribution in [2.24, 2.45) is 0 Å². The van der Waals surface area contributed by atoms with Crippen molar-refractivity contribution in [3.05, 3.63) is 22.2 Å². The molecule has 2 amide bonds. The Bertz CT molecular complexity index is 477. The van der Waals surface area contributed by atoms with Crippen molar-refractivity contribution in [2.75, 3.05) is 0 Å². The molecule has 0 radical (unpaired) electrons. The van der Waals surface area contributed by atoms with Gasteiger partial charge < -0.3 is 0 Å². The number of hydrogen-bond acceptors (Lipinski definition) is 2. The summed E-state index contributed by atoms with van der Waals surface area (Å²) in [5.74, 6) is -1.46. The summed E-state index contributed by atoms with van der Waals surface area (Å²) in [6.45, 7) is 0. The number of hydrogen-bond donors (Lipinski definition) is 0. The van der Waals surface area contributed by atoms with Crippen LogP contribution < -0.4 is 0 Å². The Labute approximate surface area is 119 Å². The zero-order valence-electron chi connectivity index (χ0n) is 7.31. The monoisotopic (exact) mass is 363 g/mol. The molecule has 2 rings (SSSR count). The second-order valence-electron chi connectivity index (χ2n) is 3.26. The molecule has 1 heterocycles. The summed E-state index contributed by atoms with van der Waals surface area (Å²) < 4.78 is 0.662. The molecule has 0 bridgehead atoms. The number of imide groups is 1. The third kappa shape index (κ3) is 1.22. The van der Waals surface area contributed by atoms with E-state index in [2.05, 4.69) is 16.1 Å². The minimum absolute atomic E-state index is 0.0805. The highest BCUT2D eigenvalue weighted by Gasteiger charge is 2.70. The van der Waals surface area contributed by atoms with Gasteiger partial charge in [0.05, 0.1) is 26.2 Å². The highest BCUT2D eigenvalue weighted by atomic mass is 79.9. The summed E-state index contributed by atoms with van der Waals surface area (Å²) in [7, 11) is 0. The summed E-state index contributed by atoms with van der Waals surface area (Å²) >= 11 is 26.6. The fraction of sp³-hybridized carbons (Fsp3) is 0.250. The third-order valence-corrected chi connectivity index (χ3v) is 5.39. The van der Waals surface area contributed by atoms with Crippen LogP contribution in [-0.2, 0) is 9.59 Å². The van der Waals surface area contributed by atoms with E-state index < -0.39 is 21.6 Å². The Hall–Kier alpha value is 0.260. The number of rotatable bonds is 0.